The van der Waals surface area contributed by atoms with Crippen LogP contribution in [0.2, 0.25) is 5.02 Å². The number of amides is 2. The lowest BCUT2D eigenvalue weighted by molar-refractivity contribution is 0.0983. The number of carbonyl (C=O) groups excluding carboxylic acids is 2. The Morgan fingerprint density at radius 2 is 1.62 bits per heavy atom. The molecule has 0 saturated carbocycles. The second-order valence-corrected chi connectivity index (χ2v) is 9.96. The van der Waals surface area contributed by atoms with Gasteiger partial charge in [-0.25, -0.2) is 4.98 Å². The van der Waals surface area contributed by atoms with E-state index < -0.39 is 0 Å². The number of fused-ring (bicyclic) bond motifs is 2. The van der Waals surface area contributed by atoms with E-state index in [9.17, 15) is 9.59 Å². The quantitative estimate of drug-likeness (QED) is 0.241. The van der Waals surface area contributed by atoms with Crippen molar-refractivity contribution in [1.82, 2.24) is 4.98 Å². The summed E-state index contributed by atoms with van der Waals surface area (Å²) in [7, 11) is 0. The Labute approximate surface area is 237 Å². The number of hydrogen-bond acceptors (Lipinski definition) is 4. The second kappa shape index (κ2) is 10.7. The van der Waals surface area contributed by atoms with Gasteiger partial charge in [0.25, 0.3) is 11.8 Å². The number of hydrogen-bond donors (Lipinski definition) is 2. The molecule has 0 bridgehead atoms. The predicted molar refractivity (Wildman–Crippen MR) is 160 cm³/mol. The Hall–Kier alpha value is -4.94. The van der Waals surface area contributed by atoms with Crippen LogP contribution in [0.4, 0.5) is 22.9 Å². The first kappa shape index (κ1) is 25.3. The lowest BCUT2D eigenvalue weighted by Gasteiger charge is -2.24. The standard InChI is InChI=1S/C33H25ClN4O2/c1-21-18-29(37-32(39)25-14-6-5-13-24(25)22-10-3-2-4-11-22)27(34)19-26(21)33(40)38-20-23-12-9-17-35-31(23)36-28-15-7-8-16-30(28)38/h2-19H,20H2,1H3,(H,35,36)(H,37,39). The van der Waals surface area contributed by atoms with Crippen LogP contribution in [0.3, 0.4) is 0 Å². The van der Waals surface area contributed by atoms with E-state index in [0.29, 0.717) is 34.7 Å². The number of aryl methyl sites for hydroxylation is 1. The van der Waals surface area contributed by atoms with E-state index in [0.717, 1.165) is 28.1 Å². The van der Waals surface area contributed by atoms with Crippen LogP contribution < -0.4 is 15.5 Å². The number of pyridine rings is 1. The van der Waals surface area contributed by atoms with Crippen LogP contribution >= 0.6 is 11.6 Å². The molecule has 0 saturated heterocycles. The number of aromatic nitrogens is 1. The molecule has 5 aromatic rings. The van der Waals surface area contributed by atoms with Crippen LogP contribution in [0.1, 0.15) is 31.8 Å². The van der Waals surface area contributed by atoms with Gasteiger partial charge in [0.1, 0.15) is 5.82 Å². The Balaban J connectivity index is 1.31. The van der Waals surface area contributed by atoms with E-state index in [1.807, 2.05) is 91.9 Å². The van der Waals surface area contributed by atoms with E-state index >= 15 is 0 Å². The average Bonchev–Trinajstić information content (AvgIpc) is 3.16. The zero-order valence-corrected chi connectivity index (χ0v) is 22.4. The smallest absolute Gasteiger partial charge is 0.258 e. The van der Waals surface area contributed by atoms with Crippen LogP contribution in [-0.2, 0) is 6.54 Å². The van der Waals surface area contributed by atoms with E-state index in [1.54, 1.807) is 29.3 Å². The third-order valence-corrected chi connectivity index (χ3v) is 7.27. The zero-order chi connectivity index (χ0) is 27.6. The summed E-state index contributed by atoms with van der Waals surface area (Å²) in [6.45, 7) is 2.19. The van der Waals surface area contributed by atoms with Crippen molar-refractivity contribution in [3.8, 4) is 11.1 Å². The summed E-state index contributed by atoms with van der Waals surface area (Å²) in [6.07, 6.45) is 1.72. The Kier molecular flexibility index (Phi) is 6.76. The van der Waals surface area contributed by atoms with Gasteiger partial charge in [-0.3, -0.25) is 9.59 Å². The fraction of sp³-hybridized carbons (Fsp3) is 0.0606. The minimum absolute atomic E-state index is 0.197. The molecule has 0 fully saturated rings. The van der Waals surface area contributed by atoms with E-state index in [1.165, 1.54) is 0 Å². The molecule has 2 amide bonds. The maximum Gasteiger partial charge on any atom is 0.258 e. The van der Waals surface area contributed by atoms with E-state index in [2.05, 4.69) is 15.6 Å². The Morgan fingerprint density at radius 1 is 0.875 bits per heavy atom. The molecule has 1 aliphatic heterocycles. The van der Waals surface area contributed by atoms with Crippen molar-refractivity contribution >= 4 is 46.3 Å². The number of carbonyl (C=O) groups is 2. The van der Waals surface area contributed by atoms with Crippen molar-refractivity contribution in [3.63, 3.8) is 0 Å². The second-order valence-electron chi connectivity index (χ2n) is 9.56. The van der Waals surface area contributed by atoms with Crippen molar-refractivity contribution < 1.29 is 9.59 Å². The molecule has 4 aromatic carbocycles. The molecule has 6 rings (SSSR count). The van der Waals surface area contributed by atoms with Gasteiger partial charge in [-0.1, -0.05) is 78.3 Å². The van der Waals surface area contributed by atoms with Crippen LogP contribution in [0, 0.1) is 6.92 Å². The summed E-state index contributed by atoms with van der Waals surface area (Å²) >= 11 is 6.68. The lowest BCUT2D eigenvalue weighted by Crippen LogP contribution is -2.30. The third-order valence-electron chi connectivity index (χ3n) is 6.96. The molecule has 7 heteroatoms. The molecule has 1 aliphatic rings. The largest absolute Gasteiger partial charge is 0.338 e. The topological polar surface area (TPSA) is 74.3 Å². The maximum absolute atomic E-state index is 14.0. The van der Waals surface area contributed by atoms with Gasteiger partial charge in [0, 0.05) is 22.9 Å². The number of para-hydroxylation sites is 2. The van der Waals surface area contributed by atoms with Gasteiger partial charge in [0.05, 0.1) is 28.6 Å². The number of benzene rings is 4. The van der Waals surface area contributed by atoms with Gasteiger partial charge in [-0.15, -0.1) is 0 Å². The molecule has 1 aromatic heterocycles. The van der Waals surface area contributed by atoms with Gasteiger partial charge in [-0.05, 0) is 60.0 Å². The summed E-state index contributed by atoms with van der Waals surface area (Å²) in [5.74, 6) is 0.239. The van der Waals surface area contributed by atoms with Gasteiger partial charge in [0.2, 0.25) is 0 Å². The van der Waals surface area contributed by atoms with Crippen molar-refractivity contribution in [3.05, 3.63) is 137 Å². The Bertz CT molecular complexity index is 1750. The van der Waals surface area contributed by atoms with Gasteiger partial charge < -0.3 is 15.5 Å². The van der Waals surface area contributed by atoms with Crippen molar-refractivity contribution in [1.29, 1.82) is 0 Å². The molecule has 0 radical (unpaired) electrons. The molecule has 0 spiro atoms. The summed E-state index contributed by atoms with van der Waals surface area (Å²) < 4.78 is 0. The van der Waals surface area contributed by atoms with Crippen molar-refractivity contribution in [2.75, 3.05) is 15.5 Å². The molecule has 40 heavy (non-hydrogen) atoms. The molecule has 0 aliphatic carbocycles. The minimum Gasteiger partial charge on any atom is -0.338 e. The van der Waals surface area contributed by atoms with Gasteiger partial charge in [-0.2, -0.15) is 0 Å². The van der Waals surface area contributed by atoms with Crippen LogP contribution in [0.25, 0.3) is 11.1 Å². The Morgan fingerprint density at radius 3 is 2.48 bits per heavy atom. The monoisotopic (exact) mass is 544 g/mol. The number of nitrogens with zero attached hydrogens (tertiary/aromatic N) is 2. The van der Waals surface area contributed by atoms with E-state index in [4.69, 9.17) is 11.6 Å². The average molecular weight is 545 g/mol. The molecule has 2 N–H and O–H groups in total. The highest BCUT2D eigenvalue weighted by Gasteiger charge is 2.27. The molecule has 2 heterocycles. The third kappa shape index (κ3) is 4.81. The molecule has 0 atom stereocenters. The first-order valence-corrected chi connectivity index (χ1v) is 13.2. The number of halogens is 1. The van der Waals surface area contributed by atoms with Gasteiger partial charge in [0.15, 0.2) is 0 Å². The maximum atomic E-state index is 14.0. The first-order valence-electron chi connectivity index (χ1n) is 12.9. The molecule has 6 nitrogen and oxygen atoms in total. The summed E-state index contributed by atoms with van der Waals surface area (Å²) in [6, 6.07) is 32.0. The normalized spacial score (nSPS) is 12.0. The molecule has 0 unspecified atom stereocenters. The highest BCUT2D eigenvalue weighted by Crippen LogP contribution is 2.37. The SMILES string of the molecule is Cc1cc(NC(=O)c2ccccc2-c2ccccc2)c(Cl)cc1C(=O)N1Cc2cccnc2Nc2ccccc21. The van der Waals surface area contributed by atoms with Crippen LogP contribution in [0.5, 0.6) is 0 Å². The summed E-state index contributed by atoms with van der Waals surface area (Å²) in [5.41, 5.74) is 6.33. The minimum atomic E-state index is -0.281. The fourth-order valence-electron chi connectivity index (χ4n) is 4.95. The molecule has 196 valence electrons. The zero-order valence-electron chi connectivity index (χ0n) is 21.7. The van der Waals surface area contributed by atoms with E-state index in [-0.39, 0.29) is 16.8 Å². The lowest BCUT2D eigenvalue weighted by atomic mass is 9.99. The first-order chi connectivity index (χ1) is 19.5. The molecular formula is C33H25ClN4O2. The molecular weight excluding hydrogens is 520 g/mol. The number of nitrogens with one attached hydrogen (secondary N) is 2. The van der Waals surface area contributed by atoms with Crippen molar-refractivity contribution in [2.45, 2.75) is 13.5 Å². The highest BCUT2D eigenvalue weighted by molar-refractivity contribution is 6.34. The fourth-order valence-corrected chi connectivity index (χ4v) is 5.16. The summed E-state index contributed by atoms with van der Waals surface area (Å²) in [5, 5.41) is 6.58. The predicted octanol–water partition coefficient (Wildman–Crippen LogP) is 7.87. The van der Waals surface area contributed by atoms with Crippen LogP contribution in [-0.4, -0.2) is 16.8 Å². The highest BCUT2D eigenvalue weighted by atomic mass is 35.5. The van der Waals surface area contributed by atoms with Crippen molar-refractivity contribution in [2.24, 2.45) is 0 Å². The van der Waals surface area contributed by atoms with Gasteiger partial charge >= 0.3 is 0 Å². The van der Waals surface area contributed by atoms with Crippen LogP contribution in [0.15, 0.2) is 109 Å². The summed E-state index contributed by atoms with van der Waals surface area (Å²) in [4.78, 5) is 33.5. The number of anilines is 4. The number of rotatable bonds is 4.